The fourth-order valence-corrected chi connectivity index (χ4v) is 2.80. The molecule has 1 unspecified atom stereocenters. The SMILES string of the molecule is COC(=O)CSc1cncc(N2CCC(N(C)C)C2)n1. The van der Waals surface area contributed by atoms with Gasteiger partial charge < -0.3 is 14.5 Å². The Kier molecular flexibility index (Phi) is 5.19. The van der Waals surface area contributed by atoms with E-state index in [0.29, 0.717) is 6.04 Å². The number of methoxy groups -OCH3 is 1. The van der Waals surface area contributed by atoms with Crippen molar-refractivity contribution in [1.29, 1.82) is 0 Å². The molecular weight excluding hydrogens is 276 g/mol. The minimum Gasteiger partial charge on any atom is -0.468 e. The normalized spacial score (nSPS) is 18.6. The lowest BCUT2D eigenvalue weighted by Gasteiger charge is -2.21. The molecule has 0 aromatic carbocycles. The van der Waals surface area contributed by atoms with Crippen molar-refractivity contribution in [3.05, 3.63) is 12.4 Å². The van der Waals surface area contributed by atoms with E-state index >= 15 is 0 Å². The van der Waals surface area contributed by atoms with Gasteiger partial charge in [-0.15, -0.1) is 0 Å². The average molecular weight is 296 g/mol. The van der Waals surface area contributed by atoms with Crippen molar-refractivity contribution >= 4 is 23.5 Å². The van der Waals surface area contributed by atoms with Gasteiger partial charge in [0.2, 0.25) is 0 Å². The van der Waals surface area contributed by atoms with Gasteiger partial charge in [0, 0.05) is 19.1 Å². The zero-order valence-electron chi connectivity index (χ0n) is 12.1. The Hall–Kier alpha value is -1.34. The van der Waals surface area contributed by atoms with Crippen LogP contribution in [0.4, 0.5) is 5.82 Å². The molecule has 1 aromatic heterocycles. The van der Waals surface area contributed by atoms with Crippen LogP contribution in [0.25, 0.3) is 0 Å². The first-order chi connectivity index (χ1) is 9.60. The Morgan fingerprint density at radius 2 is 2.35 bits per heavy atom. The van der Waals surface area contributed by atoms with Crippen LogP contribution >= 0.6 is 11.8 Å². The molecule has 2 rings (SSSR count). The third-order valence-corrected chi connectivity index (χ3v) is 4.26. The van der Waals surface area contributed by atoms with Crippen LogP contribution in [-0.2, 0) is 9.53 Å². The molecule has 1 saturated heterocycles. The maximum atomic E-state index is 11.1. The molecule has 1 aromatic rings. The van der Waals surface area contributed by atoms with Crippen molar-refractivity contribution in [1.82, 2.24) is 14.9 Å². The van der Waals surface area contributed by atoms with Crippen molar-refractivity contribution < 1.29 is 9.53 Å². The number of thioether (sulfide) groups is 1. The second-order valence-corrected chi connectivity index (χ2v) is 5.93. The van der Waals surface area contributed by atoms with Gasteiger partial charge in [-0.25, -0.2) is 4.98 Å². The van der Waals surface area contributed by atoms with Crippen molar-refractivity contribution in [3.63, 3.8) is 0 Å². The molecule has 20 heavy (non-hydrogen) atoms. The van der Waals surface area contributed by atoms with E-state index in [2.05, 4.69) is 38.6 Å². The van der Waals surface area contributed by atoms with Gasteiger partial charge in [0.15, 0.2) is 0 Å². The van der Waals surface area contributed by atoms with E-state index in [-0.39, 0.29) is 11.7 Å². The van der Waals surface area contributed by atoms with Crippen LogP contribution in [0.15, 0.2) is 17.4 Å². The molecule has 1 aliphatic rings. The number of ether oxygens (including phenoxy) is 1. The first-order valence-corrected chi connectivity index (χ1v) is 7.51. The number of carbonyl (C=O) groups is 1. The standard InChI is InChI=1S/C13H20N4O2S/c1-16(2)10-4-5-17(8-10)11-6-14-7-12(15-11)20-9-13(18)19-3/h6-7,10H,4-5,8-9H2,1-3H3. The highest BCUT2D eigenvalue weighted by atomic mass is 32.2. The van der Waals surface area contributed by atoms with E-state index in [0.717, 1.165) is 30.4 Å². The Balaban J connectivity index is 1.98. The topological polar surface area (TPSA) is 58.6 Å². The Bertz CT molecular complexity index is 469. The largest absolute Gasteiger partial charge is 0.468 e. The molecule has 7 heteroatoms. The quantitative estimate of drug-likeness (QED) is 0.590. The molecule has 0 bridgehead atoms. The highest BCUT2D eigenvalue weighted by molar-refractivity contribution is 7.99. The van der Waals surface area contributed by atoms with Crippen LogP contribution in [0, 0.1) is 0 Å². The summed E-state index contributed by atoms with van der Waals surface area (Å²) in [6.07, 6.45) is 4.59. The summed E-state index contributed by atoms with van der Waals surface area (Å²) in [6.45, 7) is 1.95. The molecule has 1 fully saturated rings. The summed E-state index contributed by atoms with van der Waals surface area (Å²) < 4.78 is 4.62. The van der Waals surface area contributed by atoms with E-state index in [1.807, 2.05) is 0 Å². The molecule has 0 spiro atoms. The van der Waals surface area contributed by atoms with Crippen molar-refractivity contribution in [3.8, 4) is 0 Å². The fourth-order valence-electron chi connectivity index (χ4n) is 2.12. The third-order valence-electron chi connectivity index (χ3n) is 3.38. The van der Waals surface area contributed by atoms with E-state index in [1.54, 1.807) is 12.4 Å². The van der Waals surface area contributed by atoms with Gasteiger partial charge in [0.1, 0.15) is 10.8 Å². The van der Waals surface area contributed by atoms with Crippen molar-refractivity contribution in [2.45, 2.75) is 17.5 Å². The molecule has 0 saturated carbocycles. The molecular formula is C13H20N4O2S. The third kappa shape index (κ3) is 3.83. The van der Waals surface area contributed by atoms with Crippen LogP contribution in [0.3, 0.4) is 0 Å². The number of esters is 1. The predicted molar refractivity (Wildman–Crippen MR) is 79.1 cm³/mol. The lowest BCUT2D eigenvalue weighted by Crippen LogP contribution is -2.31. The van der Waals surface area contributed by atoms with E-state index in [4.69, 9.17) is 0 Å². The fraction of sp³-hybridized carbons (Fsp3) is 0.615. The molecule has 2 heterocycles. The molecule has 1 atom stereocenters. The molecule has 1 aliphatic heterocycles. The van der Waals surface area contributed by atoms with Crippen LogP contribution in [-0.4, -0.2) is 66.9 Å². The van der Waals surface area contributed by atoms with E-state index in [1.165, 1.54) is 18.9 Å². The first-order valence-electron chi connectivity index (χ1n) is 6.53. The molecule has 110 valence electrons. The minimum atomic E-state index is -0.254. The lowest BCUT2D eigenvalue weighted by molar-refractivity contribution is -0.137. The zero-order chi connectivity index (χ0) is 14.5. The van der Waals surface area contributed by atoms with Gasteiger partial charge in [-0.3, -0.25) is 9.78 Å². The smallest absolute Gasteiger partial charge is 0.316 e. The van der Waals surface area contributed by atoms with E-state index < -0.39 is 0 Å². The number of rotatable bonds is 5. The summed E-state index contributed by atoms with van der Waals surface area (Å²) >= 11 is 1.35. The average Bonchev–Trinajstić information content (AvgIpc) is 2.95. The number of anilines is 1. The second kappa shape index (κ2) is 6.90. The zero-order valence-corrected chi connectivity index (χ0v) is 12.9. The summed E-state index contributed by atoms with van der Waals surface area (Å²) in [5, 5.41) is 0.751. The predicted octanol–water partition coefficient (Wildman–Crippen LogP) is 0.882. The van der Waals surface area contributed by atoms with Crippen LogP contribution in [0.1, 0.15) is 6.42 Å². The second-order valence-electron chi connectivity index (χ2n) is 4.93. The van der Waals surface area contributed by atoms with Crippen molar-refractivity contribution in [2.75, 3.05) is 44.9 Å². The van der Waals surface area contributed by atoms with Gasteiger partial charge in [0.25, 0.3) is 0 Å². The summed E-state index contributed by atoms with van der Waals surface area (Å²) in [7, 11) is 5.58. The monoisotopic (exact) mass is 296 g/mol. The Labute approximate surface area is 123 Å². The summed E-state index contributed by atoms with van der Waals surface area (Å²) in [4.78, 5) is 24.4. The first kappa shape index (κ1) is 15.1. The highest BCUT2D eigenvalue weighted by Gasteiger charge is 2.25. The van der Waals surface area contributed by atoms with Gasteiger partial charge in [-0.2, -0.15) is 0 Å². The van der Waals surface area contributed by atoms with E-state index in [9.17, 15) is 4.79 Å². The molecule has 0 aliphatic carbocycles. The van der Waals surface area contributed by atoms with Crippen LogP contribution < -0.4 is 4.90 Å². The highest BCUT2D eigenvalue weighted by Crippen LogP contribution is 2.22. The minimum absolute atomic E-state index is 0.254. The summed E-state index contributed by atoms with van der Waals surface area (Å²) in [5.41, 5.74) is 0. The molecule has 0 radical (unpaired) electrons. The Morgan fingerprint density at radius 1 is 1.55 bits per heavy atom. The van der Waals surface area contributed by atoms with Crippen molar-refractivity contribution in [2.24, 2.45) is 0 Å². The maximum Gasteiger partial charge on any atom is 0.316 e. The number of aromatic nitrogens is 2. The molecule has 6 nitrogen and oxygen atoms in total. The number of carbonyl (C=O) groups excluding carboxylic acids is 1. The number of nitrogens with zero attached hydrogens (tertiary/aromatic N) is 4. The number of hydrogen-bond acceptors (Lipinski definition) is 7. The van der Waals surface area contributed by atoms with Gasteiger partial charge >= 0.3 is 5.97 Å². The number of likely N-dealkylation sites (N-methyl/N-ethyl adjacent to an activating group) is 1. The number of hydrogen-bond donors (Lipinski definition) is 0. The molecule has 0 amide bonds. The van der Waals surface area contributed by atoms with Gasteiger partial charge in [-0.05, 0) is 20.5 Å². The summed E-state index contributed by atoms with van der Waals surface area (Å²) in [5.74, 6) is 0.884. The lowest BCUT2D eigenvalue weighted by atomic mass is 10.2. The molecule has 0 N–H and O–H groups in total. The van der Waals surface area contributed by atoms with Gasteiger partial charge in [0.05, 0.1) is 25.3 Å². The van der Waals surface area contributed by atoms with Crippen LogP contribution in [0.2, 0.25) is 0 Å². The van der Waals surface area contributed by atoms with Crippen LogP contribution in [0.5, 0.6) is 0 Å². The van der Waals surface area contributed by atoms with Gasteiger partial charge in [-0.1, -0.05) is 11.8 Å². The summed E-state index contributed by atoms with van der Waals surface area (Å²) in [6, 6.07) is 0.558. The maximum absolute atomic E-state index is 11.1. The Morgan fingerprint density at radius 3 is 3.00 bits per heavy atom.